The minimum Gasteiger partial charge on any atom is -0.493 e. The van der Waals surface area contributed by atoms with Crippen LogP contribution in [0.2, 0.25) is 0 Å². The molecular weight excluding hydrogens is 481 g/mol. The number of aryl methyl sites for hydroxylation is 1. The van der Waals surface area contributed by atoms with E-state index in [1.807, 2.05) is 18.2 Å². The van der Waals surface area contributed by atoms with Gasteiger partial charge < -0.3 is 35.3 Å². The fraction of sp³-hybridized carbons (Fsp3) is 0.407. The lowest BCUT2D eigenvalue weighted by Gasteiger charge is -2.47. The molecule has 5 rings (SSSR count). The molecule has 0 amide bonds. The predicted molar refractivity (Wildman–Crippen MR) is 136 cm³/mol. The van der Waals surface area contributed by atoms with Crippen molar-refractivity contribution < 1.29 is 33.3 Å². The minimum atomic E-state index is -1.13. The van der Waals surface area contributed by atoms with Crippen molar-refractivity contribution in [3.63, 3.8) is 0 Å². The zero-order valence-electron chi connectivity index (χ0n) is 20.9. The number of benzene rings is 2. The number of carboxylic acids is 1. The molecule has 0 bridgehead atoms. The van der Waals surface area contributed by atoms with Crippen LogP contribution >= 0.6 is 0 Å². The smallest absolute Gasteiger partial charge is 0.333 e. The SMILES string of the molecule is COc1ccc(CCCNc2c(F)c(N)c3c4c2OCC2(CCCC2=O)N4C=C(C(=O)O)C3)cc1OC. The fourth-order valence-electron chi connectivity index (χ4n) is 5.53. The summed E-state index contributed by atoms with van der Waals surface area (Å²) < 4.78 is 32.3. The van der Waals surface area contributed by atoms with Crippen LogP contribution in [0.4, 0.5) is 21.5 Å². The third-order valence-electron chi connectivity index (χ3n) is 7.50. The first-order valence-corrected chi connectivity index (χ1v) is 12.3. The van der Waals surface area contributed by atoms with Gasteiger partial charge in [-0.15, -0.1) is 0 Å². The molecule has 3 aliphatic rings. The lowest BCUT2D eigenvalue weighted by molar-refractivity contribution is -0.133. The van der Waals surface area contributed by atoms with Gasteiger partial charge in [-0.25, -0.2) is 9.18 Å². The number of methoxy groups -OCH3 is 2. The summed E-state index contributed by atoms with van der Waals surface area (Å²) in [6.07, 6.45) is 4.43. The van der Waals surface area contributed by atoms with E-state index < -0.39 is 17.3 Å². The van der Waals surface area contributed by atoms with Crippen molar-refractivity contribution >= 4 is 28.8 Å². The molecule has 1 unspecified atom stereocenters. The maximum absolute atomic E-state index is 15.5. The lowest BCUT2D eigenvalue weighted by atomic mass is 9.86. The number of carboxylic acid groups (broad SMARTS) is 1. The van der Waals surface area contributed by atoms with Gasteiger partial charge in [0.05, 0.1) is 31.2 Å². The fourth-order valence-corrected chi connectivity index (χ4v) is 5.53. The van der Waals surface area contributed by atoms with Gasteiger partial charge in [0.15, 0.2) is 28.8 Å². The van der Waals surface area contributed by atoms with Crippen LogP contribution in [0, 0.1) is 5.82 Å². The van der Waals surface area contributed by atoms with E-state index in [0.717, 1.165) is 5.56 Å². The molecule has 2 aliphatic heterocycles. The van der Waals surface area contributed by atoms with E-state index in [9.17, 15) is 14.7 Å². The number of fused-ring (bicyclic) bond motifs is 1. The van der Waals surface area contributed by atoms with Crippen molar-refractivity contribution in [1.29, 1.82) is 0 Å². The van der Waals surface area contributed by atoms with Gasteiger partial charge in [-0.2, -0.15) is 0 Å². The zero-order valence-corrected chi connectivity index (χ0v) is 20.9. The normalized spacial score (nSPS) is 19.8. The first kappa shape index (κ1) is 24.7. The highest BCUT2D eigenvalue weighted by molar-refractivity contribution is 6.00. The molecule has 4 N–H and O–H groups in total. The number of Topliss-reactive ketones (excluding diaryl/α,β-unsaturated/α-hetero) is 1. The van der Waals surface area contributed by atoms with Crippen molar-refractivity contribution in [3.05, 3.63) is 46.9 Å². The second-order valence-corrected chi connectivity index (χ2v) is 9.58. The first-order valence-electron chi connectivity index (χ1n) is 12.3. The highest BCUT2D eigenvalue weighted by atomic mass is 19.1. The van der Waals surface area contributed by atoms with E-state index in [1.165, 1.54) is 6.20 Å². The number of ether oxygens (including phenoxy) is 3. The lowest BCUT2D eigenvalue weighted by Crippen LogP contribution is -2.57. The first-order chi connectivity index (χ1) is 17.8. The van der Waals surface area contributed by atoms with Crippen LogP contribution in [-0.2, 0) is 22.4 Å². The number of nitrogens with two attached hydrogens (primary N) is 1. The van der Waals surface area contributed by atoms with Gasteiger partial charge in [-0.3, -0.25) is 4.79 Å². The Balaban J connectivity index is 1.43. The number of halogens is 1. The Kier molecular flexibility index (Phi) is 6.35. The van der Waals surface area contributed by atoms with Gasteiger partial charge in [0.25, 0.3) is 0 Å². The third kappa shape index (κ3) is 4.00. The van der Waals surface area contributed by atoms with Crippen LogP contribution in [0.15, 0.2) is 30.0 Å². The summed E-state index contributed by atoms with van der Waals surface area (Å²) in [5, 5.41) is 12.8. The Hall–Kier alpha value is -3.95. The van der Waals surface area contributed by atoms with E-state index >= 15 is 4.39 Å². The number of anilines is 3. The van der Waals surface area contributed by atoms with E-state index in [0.29, 0.717) is 61.4 Å². The summed E-state index contributed by atoms with van der Waals surface area (Å²) in [6, 6.07) is 5.70. The summed E-state index contributed by atoms with van der Waals surface area (Å²) in [7, 11) is 3.16. The average molecular weight is 512 g/mol. The number of aliphatic carboxylic acids is 1. The Morgan fingerprint density at radius 3 is 2.76 bits per heavy atom. The van der Waals surface area contributed by atoms with Crippen molar-refractivity contribution in [1.82, 2.24) is 0 Å². The topological polar surface area (TPSA) is 123 Å². The highest BCUT2D eigenvalue weighted by Gasteiger charge is 2.53. The standard InChI is InChI=1S/C27H30FN3O6/c1-35-18-8-7-15(11-19(18)36-2)5-4-10-30-23-21(28)22(29)17-12-16(26(33)34)13-31-24(17)25(23)37-14-27(31)9-3-6-20(27)32/h7-8,11,13,30H,3-6,9-10,12,14,29H2,1-2H3,(H,33,34). The second-order valence-electron chi connectivity index (χ2n) is 9.58. The van der Waals surface area contributed by atoms with E-state index in [-0.39, 0.29) is 41.5 Å². The maximum atomic E-state index is 15.5. The zero-order chi connectivity index (χ0) is 26.3. The second kappa shape index (κ2) is 9.49. The molecule has 1 spiro atoms. The molecule has 2 aromatic rings. The van der Waals surface area contributed by atoms with Crippen molar-refractivity contribution in [2.24, 2.45) is 0 Å². The summed E-state index contributed by atoms with van der Waals surface area (Å²) in [5.41, 5.74) is 7.13. The molecule has 10 heteroatoms. The molecule has 1 fully saturated rings. The summed E-state index contributed by atoms with van der Waals surface area (Å²) >= 11 is 0. The Morgan fingerprint density at radius 2 is 2.08 bits per heavy atom. The number of ketones is 1. The Bertz CT molecular complexity index is 1310. The third-order valence-corrected chi connectivity index (χ3v) is 7.50. The average Bonchev–Trinajstić information content (AvgIpc) is 3.27. The predicted octanol–water partition coefficient (Wildman–Crippen LogP) is 3.69. The molecule has 9 nitrogen and oxygen atoms in total. The Labute approximate surface area is 214 Å². The van der Waals surface area contributed by atoms with Gasteiger partial charge in [-0.1, -0.05) is 6.07 Å². The summed E-state index contributed by atoms with van der Waals surface area (Å²) in [6.45, 7) is 0.450. The number of rotatable bonds is 8. The quantitative estimate of drug-likeness (QED) is 0.360. The highest BCUT2D eigenvalue weighted by Crippen LogP contribution is 2.54. The van der Waals surface area contributed by atoms with Gasteiger partial charge in [0.1, 0.15) is 17.8 Å². The van der Waals surface area contributed by atoms with E-state index in [1.54, 1.807) is 19.1 Å². The van der Waals surface area contributed by atoms with Crippen LogP contribution in [-0.4, -0.2) is 49.8 Å². The van der Waals surface area contributed by atoms with Gasteiger partial charge in [-0.05, 0) is 43.4 Å². The number of nitrogens with zero attached hydrogens (tertiary/aromatic N) is 1. The monoisotopic (exact) mass is 511 g/mol. The molecule has 2 heterocycles. The van der Waals surface area contributed by atoms with Crippen molar-refractivity contribution in [2.45, 2.75) is 44.1 Å². The molecule has 1 saturated carbocycles. The molecule has 2 aromatic carbocycles. The molecule has 0 saturated heterocycles. The molecule has 1 atom stereocenters. The number of carbonyl (C=O) groups is 2. The van der Waals surface area contributed by atoms with Crippen molar-refractivity contribution in [2.75, 3.05) is 43.3 Å². The van der Waals surface area contributed by atoms with E-state index in [4.69, 9.17) is 19.9 Å². The molecule has 0 aromatic heterocycles. The largest absolute Gasteiger partial charge is 0.493 e. The van der Waals surface area contributed by atoms with Crippen LogP contribution in [0.3, 0.4) is 0 Å². The van der Waals surface area contributed by atoms with E-state index in [2.05, 4.69) is 5.32 Å². The number of nitrogen functional groups attached to an aromatic ring is 1. The number of hydrogen-bond donors (Lipinski definition) is 3. The summed E-state index contributed by atoms with van der Waals surface area (Å²) in [4.78, 5) is 26.5. The molecule has 37 heavy (non-hydrogen) atoms. The Morgan fingerprint density at radius 1 is 1.30 bits per heavy atom. The van der Waals surface area contributed by atoms with Gasteiger partial charge in [0.2, 0.25) is 0 Å². The number of carbonyl (C=O) groups excluding carboxylic acids is 1. The molecule has 0 radical (unpaired) electrons. The minimum absolute atomic E-state index is 0.0145. The van der Waals surface area contributed by atoms with Crippen LogP contribution in [0.1, 0.15) is 36.8 Å². The number of hydrogen-bond acceptors (Lipinski definition) is 8. The van der Waals surface area contributed by atoms with Crippen LogP contribution < -0.4 is 30.2 Å². The maximum Gasteiger partial charge on any atom is 0.333 e. The van der Waals surface area contributed by atoms with Crippen LogP contribution in [0.5, 0.6) is 17.2 Å². The molecule has 1 aliphatic carbocycles. The van der Waals surface area contributed by atoms with Gasteiger partial charge in [0, 0.05) is 31.1 Å². The van der Waals surface area contributed by atoms with Gasteiger partial charge >= 0.3 is 5.97 Å². The number of nitrogens with one attached hydrogen (secondary N) is 1. The molecule has 196 valence electrons. The summed E-state index contributed by atoms with van der Waals surface area (Å²) in [5.74, 6) is -0.270. The molecular formula is C27H30FN3O6. The van der Waals surface area contributed by atoms with Crippen molar-refractivity contribution in [3.8, 4) is 17.2 Å². The van der Waals surface area contributed by atoms with Crippen LogP contribution in [0.25, 0.3) is 0 Å².